The van der Waals surface area contributed by atoms with Gasteiger partial charge in [0.05, 0.1) is 11.9 Å². The van der Waals surface area contributed by atoms with E-state index in [0.29, 0.717) is 17.0 Å². The van der Waals surface area contributed by atoms with E-state index >= 15 is 0 Å². The number of anilines is 1. The van der Waals surface area contributed by atoms with Crippen LogP contribution in [0.15, 0.2) is 71.6 Å². The molecule has 0 aliphatic carbocycles. The number of pyridine rings is 2. The maximum absolute atomic E-state index is 12.4. The molecule has 0 atom stereocenters. The highest BCUT2D eigenvalue weighted by Crippen LogP contribution is 2.25. The van der Waals surface area contributed by atoms with Crippen molar-refractivity contribution < 1.29 is 9.53 Å². The third kappa shape index (κ3) is 3.92. The summed E-state index contributed by atoms with van der Waals surface area (Å²) in [7, 11) is 0. The van der Waals surface area contributed by atoms with E-state index in [0.717, 1.165) is 4.47 Å². The van der Waals surface area contributed by atoms with E-state index in [9.17, 15) is 4.79 Å². The summed E-state index contributed by atoms with van der Waals surface area (Å²) in [5, 5.41) is 2.76. The van der Waals surface area contributed by atoms with E-state index in [1.807, 2.05) is 12.1 Å². The molecule has 0 aliphatic heterocycles. The number of nitrogens with zero attached hydrogens (tertiary/aromatic N) is 2. The minimum Gasteiger partial charge on any atom is -0.438 e. The molecule has 1 amide bonds. The fraction of sp³-hybridized carbons (Fsp3) is 0. The van der Waals surface area contributed by atoms with Crippen molar-refractivity contribution in [2.45, 2.75) is 0 Å². The summed E-state index contributed by atoms with van der Waals surface area (Å²) < 4.78 is 6.66. The van der Waals surface area contributed by atoms with Crippen LogP contribution in [-0.2, 0) is 0 Å². The molecule has 5 nitrogen and oxygen atoms in total. The zero-order valence-corrected chi connectivity index (χ0v) is 13.5. The number of carbonyl (C=O) groups is 1. The lowest BCUT2D eigenvalue weighted by Crippen LogP contribution is -2.13. The maximum atomic E-state index is 12.4. The summed E-state index contributed by atoms with van der Waals surface area (Å²) in [6, 6.07) is 14.2. The summed E-state index contributed by atoms with van der Waals surface area (Å²) in [5.41, 5.74) is 0.954. The predicted octanol–water partition coefficient (Wildman–Crippen LogP) is 4.28. The molecular formula is C17H12BrN3O2. The predicted molar refractivity (Wildman–Crippen MR) is 90.6 cm³/mol. The molecule has 2 heterocycles. The first-order chi connectivity index (χ1) is 11.2. The van der Waals surface area contributed by atoms with Crippen LogP contribution in [-0.4, -0.2) is 15.9 Å². The van der Waals surface area contributed by atoms with Gasteiger partial charge in [-0.25, -0.2) is 4.98 Å². The summed E-state index contributed by atoms with van der Waals surface area (Å²) in [5.74, 6) is 0.539. The van der Waals surface area contributed by atoms with E-state index < -0.39 is 0 Å². The maximum Gasteiger partial charge on any atom is 0.261 e. The van der Waals surface area contributed by atoms with Crippen molar-refractivity contribution in [2.24, 2.45) is 0 Å². The van der Waals surface area contributed by atoms with Gasteiger partial charge in [0.15, 0.2) is 0 Å². The topological polar surface area (TPSA) is 64.1 Å². The van der Waals surface area contributed by atoms with Crippen LogP contribution in [0, 0.1) is 0 Å². The van der Waals surface area contributed by atoms with Crippen LogP contribution in [0.4, 0.5) is 5.69 Å². The first kappa shape index (κ1) is 15.2. The van der Waals surface area contributed by atoms with Crippen molar-refractivity contribution in [3.05, 3.63) is 77.2 Å². The quantitative estimate of drug-likeness (QED) is 0.745. The number of halogens is 1. The molecule has 0 radical (unpaired) electrons. The third-order valence-corrected chi connectivity index (χ3v) is 3.49. The van der Waals surface area contributed by atoms with Crippen LogP contribution < -0.4 is 10.1 Å². The number of aromatic nitrogens is 2. The molecule has 0 saturated heterocycles. The highest BCUT2D eigenvalue weighted by atomic mass is 79.9. The summed E-state index contributed by atoms with van der Waals surface area (Å²) in [6.07, 6.45) is 4.79. The fourth-order valence-corrected chi connectivity index (χ4v) is 2.16. The molecule has 3 aromatic rings. The Morgan fingerprint density at radius 1 is 1.04 bits per heavy atom. The van der Waals surface area contributed by atoms with Gasteiger partial charge in [-0.1, -0.05) is 15.9 Å². The minimum atomic E-state index is -0.307. The minimum absolute atomic E-state index is 0.246. The van der Waals surface area contributed by atoms with Gasteiger partial charge in [-0.2, -0.15) is 0 Å². The van der Waals surface area contributed by atoms with Crippen molar-refractivity contribution >= 4 is 27.5 Å². The van der Waals surface area contributed by atoms with Crippen LogP contribution >= 0.6 is 15.9 Å². The molecule has 0 saturated carbocycles. The summed E-state index contributed by atoms with van der Waals surface area (Å²) in [4.78, 5) is 20.5. The zero-order chi connectivity index (χ0) is 16.1. The number of nitrogens with one attached hydrogen (secondary N) is 1. The number of ether oxygens (including phenoxy) is 1. The highest BCUT2D eigenvalue weighted by Gasteiger charge is 2.14. The van der Waals surface area contributed by atoms with Crippen molar-refractivity contribution in [1.82, 2.24) is 9.97 Å². The molecule has 23 heavy (non-hydrogen) atoms. The number of hydrogen-bond acceptors (Lipinski definition) is 4. The van der Waals surface area contributed by atoms with Crippen molar-refractivity contribution in [1.29, 1.82) is 0 Å². The third-order valence-electron chi connectivity index (χ3n) is 2.96. The average Bonchev–Trinajstić information content (AvgIpc) is 2.58. The second kappa shape index (κ2) is 7.02. The van der Waals surface area contributed by atoms with Gasteiger partial charge in [0.25, 0.3) is 5.91 Å². The Morgan fingerprint density at radius 3 is 2.57 bits per heavy atom. The van der Waals surface area contributed by atoms with Crippen molar-refractivity contribution in [3.8, 4) is 11.6 Å². The van der Waals surface area contributed by atoms with E-state index in [4.69, 9.17) is 4.74 Å². The monoisotopic (exact) mass is 369 g/mol. The number of carbonyl (C=O) groups excluding carboxylic acids is 1. The van der Waals surface area contributed by atoms with Crippen LogP contribution in [0.25, 0.3) is 0 Å². The molecule has 0 bridgehead atoms. The normalized spacial score (nSPS) is 10.1. The van der Waals surface area contributed by atoms with Gasteiger partial charge in [-0.3, -0.25) is 9.78 Å². The van der Waals surface area contributed by atoms with Crippen LogP contribution in [0.5, 0.6) is 11.6 Å². The molecule has 0 fully saturated rings. The lowest BCUT2D eigenvalue weighted by atomic mass is 10.2. The molecule has 1 aromatic carbocycles. The van der Waals surface area contributed by atoms with Gasteiger partial charge >= 0.3 is 0 Å². The molecule has 3 rings (SSSR count). The molecule has 6 heteroatoms. The SMILES string of the molecule is O=C(Nc1cccnc1)c1cccnc1Oc1ccc(Br)cc1. The second-order valence-electron chi connectivity index (χ2n) is 4.61. The molecule has 0 spiro atoms. The Hall–Kier alpha value is -2.73. The first-order valence-corrected chi connectivity index (χ1v) is 7.61. The van der Waals surface area contributed by atoms with E-state index in [1.165, 1.54) is 0 Å². The Morgan fingerprint density at radius 2 is 1.83 bits per heavy atom. The lowest BCUT2D eigenvalue weighted by Gasteiger charge is -2.10. The highest BCUT2D eigenvalue weighted by molar-refractivity contribution is 9.10. The number of hydrogen-bond donors (Lipinski definition) is 1. The second-order valence-corrected chi connectivity index (χ2v) is 5.52. The zero-order valence-electron chi connectivity index (χ0n) is 11.9. The molecule has 2 aromatic heterocycles. The molecule has 1 N–H and O–H groups in total. The number of amides is 1. The number of rotatable bonds is 4. The van der Waals surface area contributed by atoms with Gasteiger partial charge in [0.1, 0.15) is 11.3 Å². The molecular weight excluding hydrogens is 358 g/mol. The molecule has 0 unspecified atom stereocenters. The van der Waals surface area contributed by atoms with Gasteiger partial charge in [-0.05, 0) is 48.5 Å². The molecule has 114 valence electrons. The van der Waals surface area contributed by atoms with Crippen LogP contribution in [0.1, 0.15) is 10.4 Å². The lowest BCUT2D eigenvalue weighted by molar-refractivity contribution is 0.102. The Kier molecular flexibility index (Phi) is 4.63. The van der Waals surface area contributed by atoms with Gasteiger partial charge in [0.2, 0.25) is 5.88 Å². The van der Waals surface area contributed by atoms with Crippen LogP contribution in [0.2, 0.25) is 0 Å². The van der Waals surface area contributed by atoms with Gasteiger partial charge in [0, 0.05) is 16.9 Å². The standard InChI is InChI=1S/C17H12BrN3O2/c18-12-5-7-14(8-6-12)23-17-15(4-2-10-20-17)16(22)21-13-3-1-9-19-11-13/h1-11H,(H,21,22). The number of benzene rings is 1. The van der Waals surface area contributed by atoms with Crippen molar-refractivity contribution in [2.75, 3.05) is 5.32 Å². The Labute approximate surface area is 141 Å². The molecule has 0 aliphatic rings. The first-order valence-electron chi connectivity index (χ1n) is 6.82. The van der Waals surface area contributed by atoms with E-state index in [1.54, 1.807) is 55.0 Å². The summed E-state index contributed by atoms with van der Waals surface area (Å²) >= 11 is 3.36. The van der Waals surface area contributed by atoms with Gasteiger partial charge in [-0.15, -0.1) is 0 Å². The summed E-state index contributed by atoms with van der Waals surface area (Å²) in [6.45, 7) is 0. The smallest absolute Gasteiger partial charge is 0.261 e. The van der Waals surface area contributed by atoms with E-state index in [2.05, 4.69) is 31.2 Å². The Balaban J connectivity index is 1.82. The van der Waals surface area contributed by atoms with Crippen molar-refractivity contribution in [3.63, 3.8) is 0 Å². The average molecular weight is 370 g/mol. The fourth-order valence-electron chi connectivity index (χ4n) is 1.89. The van der Waals surface area contributed by atoms with E-state index in [-0.39, 0.29) is 11.8 Å². The van der Waals surface area contributed by atoms with Crippen LogP contribution in [0.3, 0.4) is 0 Å². The van der Waals surface area contributed by atoms with Gasteiger partial charge < -0.3 is 10.1 Å². The largest absolute Gasteiger partial charge is 0.438 e. The Bertz CT molecular complexity index is 808.